The number of aromatic nitrogens is 2. The van der Waals surface area contributed by atoms with Crippen LogP contribution in [0.3, 0.4) is 0 Å². The minimum atomic E-state index is -0.406. The minimum Gasteiger partial charge on any atom is -0.497 e. The number of ether oxygens (including phenoxy) is 3. The molecule has 148 valence electrons. The van der Waals surface area contributed by atoms with Crippen molar-refractivity contribution in [1.29, 1.82) is 0 Å². The molecule has 0 bridgehead atoms. The molecule has 4 rings (SSSR count). The molecule has 0 unspecified atom stereocenters. The number of nitrogens with zero attached hydrogens (tertiary/aromatic N) is 2. The molecule has 2 aromatic carbocycles. The average molecular weight is 411 g/mol. The summed E-state index contributed by atoms with van der Waals surface area (Å²) in [6.45, 7) is 0. The average Bonchev–Trinajstić information content (AvgIpc) is 3.38. The van der Waals surface area contributed by atoms with E-state index in [1.807, 2.05) is 18.2 Å². The third-order valence-electron chi connectivity index (χ3n) is 4.24. The van der Waals surface area contributed by atoms with Crippen molar-refractivity contribution in [3.63, 3.8) is 0 Å². The van der Waals surface area contributed by atoms with Crippen LogP contribution in [0, 0.1) is 0 Å². The van der Waals surface area contributed by atoms with Crippen LogP contribution in [0.4, 0.5) is 5.13 Å². The van der Waals surface area contributed by atoms with Gasteiger partial charge in [0, 0.05) is 11.5 Å². The highest BCUT2D eigenvalue weighted by atomic mass is 32.1. The van der Waals surface area contributed by atoms with Crippen molar-refractivity contribution in [3.8, 4) is 28.0 Å². The summed E-state index contributed by atoms with van der Waals surface area (Å²) in [6.07, 6.45) is 0. The standard InChI is InChI=1S/C20H17N3O5S/c1-25-12-8-7-11-9-16(28-15(11)10-12)19-22-23-20(29-19)21-18(24)17-13(26-2)5-4-6-14(17)27-3/h4-10H,1-3H3,(H,21,23,24). The van der Waals surface area contributed by atoms with E-state index in [2.05, 4.69) is 15.5 Å². The van der Waals surface area contributed by atoms with Crippen LogP contribution in [0.15, 0.2) is 46.9 Å². The Morgan fingerprint density at radius 3 is 2.45 bits per heavy atom. The molecule has 1 amide bonds. The number of nitrogens with one attached hydrogen (secondary N) is 1. The maximum absolute atomic E-state index is 12.8. The van der Waals surface area contributed by atoms with Gasteiger partial charge in [-0.3, -0.25) is 10.1 Å². The van der Waals surface area contributed by atoms with Gasteiger partial charge in [0.25, 0.3) is 5.91 Å². The van der Waals surface area contributed by atoms with E-state index < -0.39 is 5.91 Å². The van der Waals surface area contributed by atoms with Crippen molar-refractivity contribution in [2.45, 2.75) is 0 Å². The van der Waals surface area contributed by atoms with Gasteiger partial charge < -0.3 is 18.6 Å². The fourth-order valence-electron chi connectivity index (χ4n) is 2.85. The number of anilines is 1. The summed E-state index contributed by atoms with van der Waals surface area (Å²) in [5, 5.41) is 12.7. The van der Waals surface area contributed by atoms with Gasteiger partial charge in [-0.05, 0) is 30.3 Å². The number of hydrogen-bond donors (Lipinski definition) is 1. The minimum absolute atomic E-state index is 0.282. The van der Waals surface area contributed by atoms with Gasteiger partial charge in [0.15, 0.2) is 10.8 Å². The van der Waals surface area contributed by atoms with Crippen molar-refractivity contribution < 1.29 is 23.4 Å². The number of methoxy groups -OCH3 is 3. The van der Waals surface area contributed by atoms with Crippen molar-refractivity contribution in [2.24, 2.45) is 0 Å². The normalized spacial score (nSPS) is 10.7. The SMILES string of the molecule is COc1ccc2cc(-c3nnc(NC(=O)c4c(OC)cccc4OC)s3)oc2c1. The van der Waals surface area contributed by atoms with Gasteiger partial charge in [-0.2, -0.15) is 0 Å². The smallest absolute Gasteiger partial charge is 0.265 e. The lowest BCUT2D eigenvalue weighted by Crippen LogP contribution is -2.14. The molecule has 8 nitrogen and oxygen atoms in total. The molecule has 9 heteroatoms. The zero-order valence-corrected chi connectivity index (χ0v) is 16.7. The van der Waals surface area contributed by atoms with E-state index in [0.717, 1.165) is 5.39 Å². The molecule has 0 saturated carbocycles. The van der Waals surface area contributed by atoms with E-state index in [4.69, 9.17) is 18.6 Å². The summed E-state index contributed by atoms with van der Waals surface area (Å²) in [7, 11) is 4.58. The quantitative estimate of drug-likeness (QED) is 0.507. The Kier molecular flexibility index (Phi) is 5.05. The van der Waals surface area contributed by atoms with Gasteiger partial charge in [0.05, 0.1) is 21.3 Å². The van der Waals surface area contributed by atoms with Crippen molar-refractivity contribution in [1.82, 2.24) is 10.2 Å². The lowest BCUT2D eigenvalue weighted by atomic mass is 10.1. The first-order chi connectivity index (χ1) is 14.1. The predicted molar refractivity (Wildman–Crippen MR) is 109 cm³/mol. The summed E-state index contributed by atoms with van der Waals surface area (Å²) in [4.78, 5) is 12.8. The maximum atomic E-state index is 12.8. The Morgan fingerprint density at radius 2 is 1.76 bits per heavy atom. The second kappa shape index (κ2) is 7.80. The Bertz CT molecular complexity index is 1160. The lowest BCUT2D eigenvalue weighted by Gasteiger charge is -2.11. The molecule has 0 fully saturated rings. The largest absolute Gasteiger partial charge is 0.497 e. The van der Waals surface area contributed by atoms with Gasteiger partial charge in [0.1, 0.15) is 28.4 Å². The second-order valence-electron chi connectivity index (χ2n) is 5.92. The zero-order valence-electron chi connectivity index (χ0n) is 15.9. The topological polar surface area (TPSA) is 95.7 Å². The Labute approximate surface area is 170 Å². The van der Waals surface area contributed by atoms with Crippen LogP contribution < -0.4 is 19.5 Å². The van der Waals surface area contributed by atoms with Crippen LogP contribution in [0.2, 0.25) is 0 Å². The molecule has 0 saturated heterocycles. The summed E-state index contributed by atoms with van der Waals surface area (Å²) >= 11 is 1.20. The van der Waals surface area contributed by atoms with Crippen LogP contribution in [0.1, 0.15) is 10.4 Å². The number of amides is 1. The molecule has 2 aromatic heterocycles. The van der Waals surface area contributed by atoms with Gasteiger partial charge >= 0.3 is 0 Å². The van der Waals surface area contributed by atoms with E-state index in [9.17, 15) is 4.79 Å². The molecule has 0 radical (unpaired) electrons. The molecular weight excluding hydrogens is 394 g/mol. The summed E-state index contributed by atoms with van der Waals surface area (Å²) in [6, 6.07) is 12.5. The number of carbonyl (C=O) groups is 1. The van der Waals surface area contributed by atoms with Crippen molar-refractivity contribution >= 4 is 33.3 Å². The number of carbonyl (C=O) groups excluding carboxylic acids is 1. The van der Waals surface area contributed by atoms with E-state index >= 15 is 0 Å². The Morgan fingerprint density at radius 1 is 1.00 bits per heavy atom. The van der Waals surface area contributed by atoms with Crippen LogP contribution in [0.25, 0.3) is 21.7 Å². The van der Waals surface area contributed by atoms with Crippen molar-refractivity contribution in [3.05, 3.63) is 48.0 Å². The highest BCUT2D eigenvalue weighted by Crippen LogP contribution is 2.34. The third-order valence-corrected chi connectivity index (χ3v) is 5.09. The molecule has 1 N–H and O–H groups in total. The van der Waals surface area contributed by atoms with Crippen LogP contribution in [-0.4, -0.2) is 37.4 Å². The summed E-state index contributed by atoms with van der Waals surface area (Å²) in [5.41, 5.74) is 0.962. The van der Waals surface area contributed by atoms with Gasteiger partial charge in [0.2, 0.25) is 5.13 Å². The van der Waals surface area contributed by atoms with Crippen LogP contribution in [0.5, 0.6) is 17.2 Å². The van der Waals surface area contributed by atoms with Crippen LogP contribution in [-0.2, 0) is 0 Å². The van der Waals surface area contributed by atoms with Gasteiger partial charge in [-0.1, -0.05) is 17.4 Å². The Balaban J connectivity index is 1.60. The second-order valence-corrected chi connectivity index (χ2v) is 6.90. The highest BCUT2D eigenvalue weighted by Gasteiger charge is 2.20. The first-order valence-electron chi connectivity index (χ1n) is 8.56. The number of fused-ring (bicyclic) bond motifs is 1. The number of hydrogen-bond acceptors (Lipinski definition) is 8. The fourth-order valence-corrected chi connectivity index (χ4v) is 3.54. The predicted octanol–water partition coefficient (Wildman–Crippen LogP) is 4.23. The molecular formula is C20H17N3O5S. The van der Waals surface area contributed by atoms with Gasteiger partial charge in [-0.25, -0.2) is 0 Å². The van der Waals surface area contributed by atoms with Crippen molar-refractivity contribution in [2.75, 3.05) is 26.6 Å². The highest BCUT2D eigenvalue weighted by molar-refractivity contribution is 7.18. The monoisotopic (exact) mass is 411 g/mol. The third kappa shape index (κ3) is 3.59. The maximum Gasteiger partial charge on any atom is 0.265 e. The summed E-state index contributed by atoms with van der Waals surface area (Å²) in [5.74, 6) is 1.66. The molecule has 0 aliphatic rings. The van der Waals surface area contributed by atoms with Crippen LogP contribution >= 0.6 is 11.3 Å². The number of rotatable bonds is 6. The zero-order chi connectivity index (χ0) is 20.4. The van der Waals surface area contributed by atoms with E-state index in [1.165, 1.54) is 25.6 Å². The first-order valence-corrected chi connectivity index (χ1v) is 9.38. The lowest BCUT2D eigenvalue weighted by molar-refractivity contribution is 0.102. The molecule has 29 heavy (non-hydrogen) atoms. The molecule has 0 aliphatic heterocycles. The van der Waals surface area contributed by atoms with Gasteiger partial charge in [-0.15, -0.1) is 10.2 Å². The molecule has 2 heterocycles. The fraction of sp³-hybridized carbons (Fsp3) is 0.150. The molecule has 0 atom stereocenters. The molecule has 0 aliphatic carbocycles. The van der Waals surface area contributed by atoms with E-state index in [0.29, 0.717) is 38.7 Å². The number of furan rings is 1. The molecule has 0 spiro atoms. The van der Waals surface area contributed by atoms with E-state index in [-0.39, 0.29) is 5.56 Å². The molecule has 4 aromatic rings. The first kappa shape index (κ1) is 18.8. The Hall–Kier alpha value is -3.59. The summed E-state index contributed by atoms with van der Waals surface area (Å²) < 4.78 is 21.6. The van der Waals surface area contributed by atoms with E-state index in [1.54, 1.807) is 31.4 Å². The number of benzene rings is 2.